The number of nitrogens with one attached hydrogen (secondary N) is 2. The van der Waals surface area contributed by atoms with Gasteiger partial charge in [0, 0.05) is 23.0 Å². The molecule has 3 aliphatic rings. The Morgan fingerprint density at radius 3 is 2.43 bits per heavy atom. The van der Waals surface area contributed by atoms with Gasteiger partial charge in [0.15, 0.2) is 9.84 Å². The lowest BCUT2D eigenvalue weighted by molar-refractivity contribution is -0.132. The van der Waals surface area contributed by atoms with Gasteiger partial charge >= 0.3 is 0 Å². The molecule has 7 heteroatoms. The van der Waals surface area contributed by atoms with Crippen molar-refractivity contribution in [3.63, 3.8) is 0 Å². The first-order valence-electron chi connectivity index (χ1n) is 12.6. The van der Waals surface area contributed by atoms with Crippen molar-refractivity contribution in [2.75, 3.05) is 0 Å². The van der Waals surface area contributed by atoms with E-state index in [4.69, 9.17) is 0 Å². The number of aromatic nitrogens is 1. The molecule has 1 saturated heterocycles. The summed E-state index contributed by atoms with van der Waals surface area (Å²) in [5, 5.41) is 0.711. The van der Waals surface area contributed by atoms with Crippen molar-refractivity contribution in [2.45, 2.75) is 67.6 Å². The van der Waals surface area contributed by atoms with E-state index in [-0.39, 0.29) is 22.6 Å². The molecule has 1 aliphatic heterocycles. The van der Waals surface area contributed by atoms with Crippen molar-refractivity contribution in [3.05, 3.63) is 60.3 Å². The zero-order valence-corrected chi connectivity index (χ0v) is 20.8. The minimum Gasteiger partial charge on any atom is -0.291 e. The first kappa shape index (κ1) is 22.7. The molecule has 1 amide bonds. The Morgan fingerprint density at radius 1 is 0.971 bits per heavy atom. The zero-order valence-electron chi connectivity index (χ0n) is 20.0. The van der Waals surface area contributed by atoms with E-state index >= 15 is 0 Å². The lowest BCUT2D eigenvalue weighted by Crippen LogP contribution is -2.63. The Balaban J connectivity index is 1.18. The van der Waals surface area contributed by atoms with Crippen molar-refractivity contribution < 1.29 is 13.2 Å². The molecule has 2 saturated carbocycles. The molecule has 6 rings (SSSR count). The summed E-state index contributed by atoms with van der Waals surface area (Å²) in [6.45, 7) is 2.06. The van der Waals surface area contributed by atoms with Crippen LogP contribution in [0.5, 0.6) is 0 Å². The number of fused-ring (bicyclic) bond motifs is 1. The smallest absolute Gasteiger partial charge is 0.237 e. The molecule has 3 fully saturated rings. The van der Waals surface area contributed by atoms with E-state index in [0.717, 1.165) is 59.7 Å². The monoisotopic (exact) mass is 489 g/mol. The van der Waals surface area contributed by atoms with E-state index in [2.05, 4.69) is 34.9 Å². The van der Waals surface area contributed by atoms with E-state index in [9.17, 15) is 13.2 Å². The highest BCUT2D eigenvalue weighted by Crippen LogP contribution is 2.46. The minimum absolute atomic E-state index is 0.0747. The maximum Gasteiger partial charge on any atom is 0.237 e. The summed E-state index contributed by atoms with van der Waals surface area (Å²) in [6.07, 6.45) is 7.65. The van der Waals surface area contributed by atoms with E-state index in [1.165, 1.54) is 0 Å². The number of carbonyl (C=O) groups is 1. The zero-order chi connectivity index (χ0) is 24.2. The van der Waals surface area contributed by atoms with Crippen LogP contribution in [-0.2, 0) is 14.6 Å². The summed E-state index contributed by atoms with van der Waals surface area (Å²) in [7, 11) is -3.42. The second kappa shape index (κ2) is 8.42. The van der Waals surface area contributed by atoms with Crippen molar-refractivity contribution in [1.82, 2.24) is 15.8 Å². The number of amides is 1. The average molecular weight is 490 g/mol. The van der Waals surface area contributed by atoms with Gasteiger partial charge in [-0.15, -0.1) is 0 Å². The predicted molar refractivity (Wildman–Crippen MR) is 136 cm³/mol. The maximum absolute atomic E-state index is 13.5. The summed E-state index contributed by atoms with van der Waals surface area (Å²) < 4.78 is 27.0. The molecule has 0 bridgehead atoms. The quantitative estimate of drug-likeness (QED) is 0.554. The van der Waals surface area contributed by atoms with Crippen LogP contribution in [0.15, 0.2) is 59.6 Å². The summed E-state index contributed by atoms with van der Waals surface area (Å²) in [6, 6.07) is 15.4. The van der Waals surface area contributed by atoms with Crippen molar-refractivity contribution >= 4 is 26.6 Å². The van der Waals surface area contributed by atoms with Gasteiger partial charge < -0.3 is 0 Å². The fourth-order valence-corrected chi connectivity index (χ4v) is 7.89. The molecule has 2 aromatic carbocycles. The highest BCUT2D eigenvalue weighted by molar-refractivity contribution is 7.92. The number of rotatable bonds is 4. The molecule has 1 spiro atoms. The third-order valence-corrected chi connectivity index (χ3v) is 10.7. The van der Waals surface area contributed by atoms with Crippen LogP contribution in [0.3, 0.4) is 0 Å². The van der Waals surface area contributed by atoms with Gasteiger partial charge in [0.25, 0.3) is 0 Å². The van der Waals surface area contributed by atoms with Crippen LogP contribution in [0.1, 0.15) is 50.5 Å². The molecule has 1 atom stereocenters. The molecule has 35 heavy (non-hydrogen) atoms. The number of aryl methyl sites for hydroxylation is 1. The second-order valence-electron chi connectivity index (χ2n) is 10.6. The Hall–Kier alpha value is -2.77. The Labute approximate surface area is 206 Å². The van der Waals surface area contributed by atoms with Crippen LogP contribution in [0.25, 0.3) is 22.0 Å². The van der Waals surface area contributed by atoms with Crippen molar-refractivity contribution in [3.8, 4) is 11.1 Å². The Bertz CT molecular complexity index is 1390. The molecule has 182 valence electrons. The van der Waals surface area contributed by atoms with Crippen LogP contribution < -0.4 is 10.9 Å². The van der Waals surface area contributed by atoms with E-state index < -0.39 is 9.84 Å². The first-order chi connectivity index (χ1) is 16.9. The fraction of sp³-hybridized carbons (Fsp3) is 0.429. The number of nitrogens with zero attached hydrogens (tertiary/aromatic N) is 1. The third kappa shape index (κ3) is 4.04. The molecule has 0 radical (unpaired) electrons. The van der Waals surface area contributed by atoms with Gasteiger partial charge in [0.2, 0.25) is 5.91 Å². The first-order valence-corrected chi connectivity index (χ1v) is 14.2. The Kier molecular flexibility index (Phi) is 5.45. The summed E-state index contributed by atoms with van der Waals surface area (Å²) >= 11 is 0. The van der Waals surface area contributed by atoms with E-state index in [0.29, 0.717) is 23.7 Å². The van der Waals surface area contributed by atoms with Crippen molar-refractivity contribution in [2.24, 2.45) is 11.8 Å². The minimum atomic E-state index is -3.42. The van der Waals surface area contributed by atoms with Crippen LogP contribution in [-0.4, -0.2) is 30.1 Å². The van der Waals surface area contributed by atoms with Crippen LogP contribution in [0.2, 0.25) is 0 Å². The number of hydrogen-bond donors (Lipinski definition) is 2. The largest absolute Gasteiger partial charge is 0.291 e. The van der Waals surface area contributed by atoms with E-state index in [1.807, 2.05) is 24.3 Å². The van der Waals surface area contributed by atoms with Gasteiger partial charge in [0.1, 0.15) is 0 Å². The second-order valence-corrected chi connectivity index (χ2v) is 12.9. The lowest BCUT2D eigenvalue weighted by atomic mass is 9.73. The van der Waals surface area contributed by atoms with Gasteiger partial charge in [-0.05, 0) is 92.7 Å². The number of carbonyl (C=O) groups excluding carboxylic acids is 1. The Morgan fingerprint density at radius 2 is 1.71 bits per heavy atom. The highest BCUT2D eigenvalue weighted by Gasteiger charge is 2.48. The molecule has 2 aliphatic carbocycles. The fourth-order valence-electron chi connectivity index (χ4n) is 6.13. The molecule has 1 aromatic heterocycles. The number of benzene rings is 2. The number of hydrazine groups is 1. The summed E-state index contributed by atoms with van der Waals surface area (Å²) in [4.78, 5) is 17.2. The number of hydrogen-bond acceptors (Lipinski definition) is 5. The molecule has 1 unspecified atom stereocenters. The average Bonchev–Trinajstić information content (AvgIpc) is 3.72. The van der Waals surface area contributed by atoms with Gasteiger partial charge in [0.05, 0.1) is 15.7 Å². The molecule has 2 heterocycles. The van der Waals surface area contributed by atoms with Crippen LogP contribution in [0.4, 0.5) is 0 Å². The highest BCUT2D eigenvalue weighted by atomic mass is 32.2. The number of sulfone groups is 1. The van der Waals surface area contributed by atoms with E-state index in [1.54, 1.807) is 18.3 Å². The summed E-state index contributed by atoms with van der Waals surface area (Å²) in [5.41, 5.74) is 10.1. The SMILES string of the molecule is Cc1c(-c2ccc(S(=O)(=O)C3CCC4(CC3)CC(C3CC3)C(=O)NN4)cc2)ccc2cccnc12. The molecular formula is C28H31N3O3S. The van der Waals surface area contributed by atoms with Gasteiger partial charge in [-0.1, -0.05) is 30.3 Å². The molecule has 2 N–H and O–H groups in total. The molecule has 6 nitrogen and oxygen atoms in total. The lowest BCUT2D eigenvalue weighted by Gasteiger charge is -2.45. The molecule has 3 aromatic rings. The normalized spacial score (nSPS) is 27.2. The topological polar surface area (TPSA) is 88.2 Å². The third-order valence-electron chi connectivity index (χ3n) is 8.44. The van der Waals surface area contributed by atoms with Gasteiger partial charge in [-0.3, -0.25) is 15.2 Å². The number of pyridine rings is 1. The predicted octanol–water partition coefficient (Wildman–Crippen LogP) is 4.72. The molecular weight excluding hydrogens is 458 g/mol. The van der Waals surface area contributed by atoms with Crippen molar-refractivity contribution in [1.29, 1.82) is 0 Å². The standard InChI is InChI=1S/C28H31N3O3S/c1-18-24(11-8-21-3-2-16-29-26(18)21)19-6-9-22(10-7-19)35(33,34)23-12-14-28(15-13-23)17-25(20-4-5-20)27(32)30-31-28/h2-3,6-11,16,20,23,25,31H,4-5,12-15,17H2,1H3,(H,30,32). The van der Waals surface area contributed by atoms with Gasteiger partial charge in [-0.25, -0.2) is 13.8 Å². The van der Waals surface area contributed by atoms with Gasteiger partial charge in [-0.2, -0.15) is 0 Å². The van der Waals surface area contributed by atoms with Crippen LogP contribution in [0, 0.1) is 18.8 Å². The van der Waals surface area contributed by atoms with Crippen LogP contribution >= 0.6 is 0 Å². The maximum atomic E-state index is 13.5. The summed E-state index contributed by atoms with van der Waals surface area (Å²) in [5.74, 6) is 0.687.